The minimum Gasteiger partial charge on any atom is -0.381 e. The molecule has 1 amide bonds. The van der Waals surface area contributed by atoms with Gasteiger partial charge in [-0.3, -0.25) is 4.79 Å². The lowest BCUT2D eigenvalue weighted by atomic mass is 9.92. The van der Waals surface area contributed by atoms with Crippen LogP contribution in [0.15, 0.2) is 11.2 Å². The third kappa shape index (κ3) is 3.18. The van der Waals surface area contributed by atoms with Gasteiger partial charge in [-0.1, -0.05) is 5.21 Å². The monoisotopic (exact) mass is 324 g/mol. The highest BCUT2D eigenvalue weighted by Crippen LogP contribution is 2.33. The SMILES string of the molecule is Cn1nncc1S(=O)(=O)NC(=O)C(F)(F)C1CCOCC1. The van der Waals surface area contributed by atoms with E-state index in [0.29, 0.717) is 0 Å². The smallest absolute Gasteiger partial charge is 0.328 e. The van der Waals surface area contributed by atoms with Crippen LogP contribution in [-0.2, 0) is 26.6 Å². The molecule has 0 saturated carbocycles. The first-order chi connectivity index (χ1) is 9.75. The number of carbonyl (C=O) groups is 1. The number of ether oxygens (including phenoxy) is 1. The highest BCUT2D eigenvalue weighted by molar-refractivity contribution is 7.90. The zero-order valence-electron chi connectivity index (χ0n) is 11.1. The van der Waals surface area contributed by atoms with E-state index in [4.69, 9.17) is 4.74 Å². The Hall–Kier alpha value is -1.62. The second kappa shape index (κ2) is 5.64. The van der Waals surface area contributed by atoms with E-state index in [9.17, 15) is 22.0 Å². The van der Waals surface area contributed by atoms with Crippen LogP contribution in [0.25, 0.3) is 0 Å². The van der Waals surface area contributed by atoms with E-state index in [1.807, 2.05) is 0 Å². The van der Waals surface area contributed by atoms with Crippen molar-refractivity contribution in [1.82, 2.24) is 19.7 Å². The van der Waals surface area contributed by atoms with Crippen molar-refractivity contribution in [2.75, 3.05) is 13.2 Å². The number of hydrogen-bond acceptors (Lipinski definition) is 6. The summed E-state index contributed by atoms with van der Waals surface area (Å²) in [5.41, 5.74) is 0. The number of hydrogen-bond donors (Lipinski definition) is 1. The molecule has 8 nitrogen and oxygen atoms in total. The van der Waals surface area contributed by atoms with Crippen molar-refractivity contribution in [3.8, 4) is 0 Å². The van der Waals surface area contributed by atoms with Gasteiger partial charge in [0.2, 0.25) is 0 Å². The average molecular weight is 324 g/mol. The van der Waals surface area contributed by atoms with Gasteiger partial charge in [-0.25, -0.2) is 9.40 Å². The maximum atomic E-state index is 14.0. The molecule has 2 rings (SSSR count). The molecule has 0 unspecified atom stereocenters. The third-order valence-electron chi connectivity index (χ3n) is 3.21. The molecule has 0 aromatic carbocycles. The van der Waals surface area contributed by atoms with Crippen LogP contribution in [0.3, 0.4) is 0 Å². The number of rotatable bonds is 4. The van der Waals surface area contributed by atoms with Crippen LogP contribution >= 0.6 is 0 Å². The largest absolute Gasteiger partial charge is 0.381 e. The summed E-state index contributed by atoms with van der Waals surface area (Å²) in [4.78, 5) is 11.7. The Labute approximate surface area is 119 Å². The van der Waals surface area contributed by atoms with Crippen molar-refractivity contribution in [3.63, 3.8) is 0 Å². The fourth-order valence-electron chi connectivity index (χ4n) is 2.01. The Morgan fingerprint density at radius 3 is 2.62 bits per heavy atom. The first-order valence-electron chi connectivity index (χ1n) is 6.12. The molecule has 0 spiro atoms. The van der Waals surface area contributed by atoms with Crippen LogP contribution in [0, 0.1) is 5.92 Å². The predicted molar refractivity (Wildman–Crippen MR) is 64.8 cm³/mol. The zero-order chi connectivity index (χ0) is 15.7. The fraction of sp³-hybridized carbons (Fsp3) is 0.700. The van der Waals surface area contributed by atoms with E-state index < -0.39 is 32.8 Å². The first-order valence-corrected chi connectivity index (χ1v) is 7.61. The van der Waals surface area contributed by atoms with Gasteiger partial charge in [-0.05, 0) is 12.8 Å². The Balaban J connectivity index is 2.15. The van der Waals surface area contributed by atoms with Crippen LogP contribution < -0.4 is 4.72 Å². The second-order valence-corrected chi connectivity index (χ2v) is 6.27. The summed E-state index contributed by atoms with van der Waals surface area (Å²) < 4.78 is 58.9. The topological polar surface area (TPSA) is 103 Å². The van der Waals surface area contributed by atoms with Gasteiger partial charge < -0.3 is 4.74 Å². The molecule has 1 saturated heterocycles. The molecular formula is C10H14F2N4O4S. The lowest BCUT2D eigenvalue weighted by Gasteiger charge is -2.28. The normalized spacial score (nSPS) is 17.7. The van der Waals surface area contributed by atoms with Gasteiger partial charge in [-0.2, -0.15) is 17.2 Å². The fourth-order valence-corrected chi connectivity index (χ4v) is 3.07. The maximum absolute atomic E-state index is 14.0. The number of nitrogens with zero attached hydrogens (tertiary/aromatic N) is 3. The number of sulfonamides is 1. The Bertz CT molecular complexity index is 625. The van der Waals surface area contributed by atoms with E-state index >= 15 is 0 Å². The molecule has 11 heteroatoms. The van der Waals surface area contributed by atoms with Crippen LogP contribution in [0.5, 0.6) is 0 Å². The molecule has 0 aliphatic carbocycles. The predicted octanol–water partition coefficient (Wildman–Crippen LogP) is -0.318. The van der Waals surface area contributed by atoms with Crippen LogP contribution in [0.4, 0.5) is 8.78 Å². The molecule has 0 atom stereocenters. The molecule has 0 bridgehead atoms. The summed E-state index contributed by atoms with van der Waals surface area (Å²) in [6.45, 7) is 0.234. The molecule has 1 aromatic heterocycles. The Morgan fingerprint density at radius 2 is 2.10 bits per heavy atom. The van der Waals surface area contributed by atoms with E-state index in [-0.39, 0.29) is 26.1 Å². The molecule has 1 aromatic rings. The maximum Gasteiger partial charge on any atom is 0.328 e. The summed E-state index contributed by atoms with van der Waals surface area (Å²) in [6, 6.07) is 0. The molecule has 1 fully saturated rings. The summed E-state index contributed by atoms with van der Waals surface area (Å²) in [7, 11) is -3.17. The van der Waals surface area contributed by atoms with Crippen molar-refractivity contribution in [2.45, 2.75) is 23.8 Å². The van der Waals surface area contributed by atoms with Gasteiger partial charge in [0.1, 0.15) is 0 Å². The van der Waals surface area contributed by atoms with Gasteiger partial charge >= 0.3 is 11.8 Å². The first kappa shape index (κ1) is 15.8. The third-order valence-corrected chi connectivity index (χ3v) is 4.59. The van der Waals surface area contributed by atoms with Gasteiger partial charge in [0.15, 0.2) is 5.03 Å². The summed E-state index contributed by atoms with van der Waals surface area (Å²) in [5, 5.41) is 6.23. The summed E-state index contributed by atoms with van der Waals surface area (Å²) in [6.07, 6.45) is 0.851. The van der Waals surface area contributed by atoms with E-state index in [2.05, 4.69) is 10.3 Å². The Kier molecular flexibility index (Phi) is 4.23. The highest BCUT2D eigenvalue weighted by atomic mass is 32.2. The van der Waals surface area contributed by atoms with E-state index in [1.54, 1.807) is 0 Å². The van der Waals surface area contributed by atoms with Gasteiger partial charge in [0, 0.05) is 26.2 Å². The molecule has 1 N–H and O–H groups in total. The number of nitrogens with one attached hydrogen (secondary N) is 1. The molecule has 21 heavy (non-hydrogen) atoms. The van der Waals surface area contributed by atoms with Crippen molar-refractivity contribution < 1.29 is 26.7 Å². The average Bonchev–Trinajstić information content (AvgIpc) is 2.86. The molecule has 118 valence electrons. The molecular weight excluding hydrogens is 310 g/mol. The molecule has 1 aliphatic rings. The Morgan fingerprint density at radius 1 is 1.48 bits per heavy atom. The minimum atomic E-state index is -4.44. The zero-order valence-corrected chi connectivity index (χ0v) is 11.9. The number of aryl methyl sites for hydroxylation is 1. The second-order valence-electron chi connectivity index (χ2n) is 4.64. The van der Waals surface area contributed by atoms with Crippen molar-refractivity contribution >= 4 is 15.9 Å². The lowest BCUT2D eigenvalue weighted by molar-refractivity contribution is -0.157. The molecule has 0 radical (unpaired) electrons. The van der Waals surface area contributed by atoms with Crippen LogP contribution in [0.1, 0.15) is 12.8 Å². The van der Waals surface area contributed by atoms with E-state index in [1.165, 1.54) is 11.8 Å². The standard InChI is InChI=1S/C10H14F2N4O4S/c1-16-8(6-13-15-16)21(18,19)14-9(17)10(11,12)7-2-4-20-5-3-7/h6-7H,2-5H2,1H3,(H,14,17). The summed E-state index contributed by atoms with van der Waals surface area (Å²) in [5.74, 6) is -6.88. The highest BCUT2D eigenvalue weighted by Gasteiger charge is 2.49. The molecule has 2 heterocycles. The van der Waals surface area contributed by atoms with Gasteiger partial charge in [0.25, 0.3) is 10.0 Å². The number of halogens is 2. The van der Waals surface area contributed by atoms with Gasteiger partial charge in [0.05, 0.1) is 6.20 Å². The minimum absolute atomic E-state index is 0.00622. The van der Waals surface area contributed by atoms with E-state index in [0.717, 1.165) is 10.9 Å². The van der Waals surface area contributed by atoms with Gasteiger partial charge in [-0.15, -0.1) is 5.10 Å². The quantitative estimate of drug-likeness (QED) is 0.814. The molecule has 1 aliphatic heterocycles. The number of amides is 1. The van der Waals surface area contributed by atoms with Crippen molar-refractivity contribution in [1.29, 1.82) is 0 Å². The van der Waals surface area contributed by atoms with Crippen LogP contribution in [0.2, 0.25) is 0 Å². The number of alkyl halides is 2. The van der Waals surface area contributed by atoms with Crippen molar-refractivity contribution in [2.24, 2.45) is 13.0 Å². The summed E-state index contributed by atoms with van der Waals surface area (Å²) >= 11 is 0. The number of carbonyl (C=O) groups excluding carboxylic acids is 1. The number of aromatic nitrogens is 3. The van der Waals surface area contributed by atoms with Crippen molar-refractivity contribution in [3.05, 3.63) is 6.20 Å². The lowest BCUT2D eigenvalue weighted by Crippen LogP contribution is -2.49. The van der Waals surface area contributed by atoms with Crippen LogP contribution in [-0.4, -0.2) is 48.5 Å².